The van der Waals surface area contributed by atoms with Gasteiger partial charge < -0.3 is 34.3 Å². The number of nitrogens with one attached hydrogen (secondary N) is 2. The Labute approximate surface area is 330 Å². The molecule has 0 aliphatic rings. The first-order valence-electron chi connectivity index (χ1n) is 18.8. The van der Waals surface area contributed by atoms with Gasteiger partial charge in [-0.25, -0.2) is 14.0 Å². The maximum absolute atomic E-state index is 14.6. The van der Waals surface area contributed by atoms with Crippen LogP contribution in [0.1, 0.15) is 94.6 Å². The van der Waals surface area contributed by atoms with Crippen LogP contribution in [0.25, 0.3) is 10.9 Å². The Morgan fingerprint density at radius 2 is 1.54 bits per heavy atom. The third kappa shape index (κ3) is 12.5. The number of amides is 4. The van der Waals surface area contributed by atoms with Crippen LogP contribution in [0.15, 0.2) is 36.0 Å². The zero-order valence-corrected chi connectivity index (χ0v) is 35.5. The summed E-state index contributed by atoms with van der Waals surface area (Å²) in [4.78, 5) is 82.4. The van der Waals surface area contributed by atoms with Crippen molar-refractivity contribution in [2.45, 2.75) is 118 Å². The van der Waals surface area contributed by atoms with Gasteiger partial charge in [0.05, 0.1) is 13.2 Å². The number of hydrogen-bond donors (Lipinski definition) is 2. The van der Waals surface area contributed by atoms with Crippen molar-refractivity contribution in [3.05, 3.63) is 47.4 Å². The number of aromatic nitrogens is 1. The number of benzene rings is 1. The van der Waals surface area contributed by atoms with Crippen LogP contribution in [0, 0.1) is 11.2 Å². The van der Waals surface area contributed by atoms with Gasteiger partial charge in [0, 0.05) is 62.2 Å². The third-order valence-corrected chi connectivity index (χ3v) is 9.27. The molecule has 56 heavy (non-hydrogen) atoms. The Balaban J connectivity index is 2.43. The molecule has 0 spiro atoms. The summed E-state index contributed by atoms with van der Waals surface area (Å²) >= 11 is 0. The fraction of sp³-hybridized carbons (Fsp3) is 0.610. The topological polar surface area (TPSA) is 166 Å². The van der Waals surface area contributed by atoms with Gasteiger partial charge in [-0.15, -0.1) is 0 Å². The molecule has 4 amide bonds. The van der Waals surface area contributed by atoms with E-state index in [2.05, 4.69) is 10.6 Å². The lowest BCUT2D eigenvalue weighted by atomic mass is 9.76. The number of carbonyl (C=O) groups is 6. The SMILES string of the molecule is CCOC(=O)CCC(NC(=O)/C(C)=C/CN(C)C(=O)C(NC(=O)C(N(C)C(=O)OC(C)(C)C)C(C)(C)c1cn(C)c2ccc(F)cc12)C(C)(C)C)C(=O)OCC. The van der Waals surface area contributed by atoms with Crippen molar-refractivity contribution >= 4 is 46.7 Å². The molecule has 0 radical (unpaired) electrons. The molecule has 2 N–H and O–H groups in total. The monoisotopic (exact) mass is 787 g/mol. The van der Waals surface area contributed by atoms with Crippen molar-refractivity contribution in [1.82, 2.24) is 25.0 Å². The molecule has 14 nitrogen and oxygen atoms in total. The first-order chi connectivity index (χ1) is 25.8. The summed E-state index contributed by atoms with van der Waals surface area (Å²) in [6, 6.07) is 0.946. The van der Waals surface area contributed by atoms with Gasteiger partial charge in [-0.2, -0.15) is 0 Å². The molecule has 2 rings (SSSR count). The molecular formula is C41H62FN5O9. The summed E-state index contributed by atoms with van der Waals surface area (Å²) in [5.41, 5.74) is -1.33. The number of carbonyl (C=O) groups excluding carboxylic acids is 6. The van der Waals surface area contributed by atoms with Crippen molar-refractivity contribution in [2.24, 2.45) is 12.5 Å². The molecule has 15 heteroatoms. The number of nitrogens with zero attached hydrogens (tertiary/aromatic N) is 3. The number of likely N-dealkylation sites (N-methyl/N-ethyl adjacent to an activating group) is 2. The molecule has 0 saturated carbocycles. The lowest BCUT2D eigenvalue weighted by molar-refractivity contribution is -0.148. The first kappa shape index (κ1) is 47.2. The van der Waals surface area contributed by atoms with E-state index in [9.17, 15) is 33.2 Å². The Morgan fingerprint density at radius 1 is 0.929 bits per heavy atom. The second kappa shape index (κ2) is 19.3. The van der Waals surface area contributed by atoms with E-state index in [1.54, 1.807) is 88.5 Å². The van der Waals surface area contributed by atoms with Crippen LogP contribution >= 0.6 is 0 Å². The van der Waals surface area contributed by atoms with Crippen molar-refractivity contribution in [3.8, 4) is 0 Å². The van der Waals surface area contributed by atoms with Gasteiger partial charge in [-0.1, -0.05) is 40.7 Å². The number of aryl methyl sites for hydroxylation is 1. The molecule has 0 aliphatic carbocycles. The van der Waals surface area contributed by atoms with Gasteiger partial charge in [-0.05, 0) is 77.1 Å². The molecule has 312 valence electrons. The number of esters is 2. The van der Waals surface area contributed by atoms with Crippen molar-refractivity contribution in [3.63, 3.8) is 0 Å². The number of rotatable bonds is 16. The zero-order valence-electron chi connectivity index (χ0n) is 35.5. The molecule has 1 aromatic carbocycles. The van der Waals surface area contributed by atoms with Gasteiger partial charge in [0.15, 0.2) is 0 Å². The minimum atomic E-state index is -1.24. The molecule has 2 aromatic rings. The highest BCUT2D eigenvalue weighted by Gasteiger charge is 2.46. The lowest BCUT2D eigenvalue weighted by Gasteiger charge is -2.41. The number of halogens is 1. The fourth-order valence-corrected chi connectivity index (χ4v) is 6.26. The Bertz CT molecular complexity index is 1790. The van der Waals surface area contributed by atoms with Crippen LogP contribution in [0.2, 0.25) is 0 Å². The number of fused-ring (bicyclic) bond motifs is 1. The maximum atomic E-state index is 14.6. The second-order valence-electron chi connectivity index (χ2n) is 16.6. The minimum absolute atomic E-state index is 0.0274. The van der Waals surface area contributed by atoms with Crippen LogP contribution < -0.4 is 10.6 Å². The van der Waals surface area contributed by atoms with Gasteiger partial charge in [0.2, 0.25) is 17.7 Å². The van der Waals surface area contributed by atoms with E-state index in [0.717, 1.165) is 5.52 Å². The summed E-state index contributed by atoms with van der Waals surface area (Å²) in [7, 11) is 4.78. The Hall–Kier alpha value is -4.95. The quantitative estimate of drug-likeness (QED) is 0.133. The van der Waals surface area contributed by atoms with Gasteiger partial charge in [0.25, 0.3) is 0 Å². The van der Waals surface area contributed by atoms with E-state index in [1.165, 1.54) is 49.0 Å². The van der Waals surface area contributed by atoms with E-state index in [4.69, 9.17) is 14.2 Å². The van der Waals surface area contributed by atoms with Crippen LogP contribution in [0.5, 0.6) is 0 Å². The summed E-state index contributed by atoms with van der Waals surface area (Å²) < 4.78 is 32.1. The smallest absolute Gasteiger partial charge is 0.410 e. The Morgan fingerprint density at radius 3 is 2.09 bits per heavy atom. The average molecular weight is 788 g/mol. The molecule has 3 atom stereocenters. The summed E-state index contributed by atoms with van der Waals surface area (Å²) in [5, 5.41) is 6.09. The predicted octanol–water partition coefficient (Wildman–Crippen LogP) is 5.16. The van der Waals surface area contributed by atoms with Crippen LogP contribution in [0.4, 0.5) is 9.18 Å². The normalized spacial score (nSPS) is 13.9. The standard InChI is InChI=1S/C41H62FN5O9/c1-15-54-31(48)20-18-29(37(52)55-16-2)43-34(49)25(3)21-22-45(12)36(51)32(39(4,5)6)44-35(50)33(47(14)38(53)56-40(7,8)9)41(10,11)28-24-46(13)30-19-17-26(42)23-27(28)30/h17,19,21,23-24,29,32-33H,15-16,18,20,22H2,1-14H3,(H,43,49)(H,44,50)/b25-21+. The van der Waals surface area contributed by atoms with Crippen molar-refractivity contribution in [2.75, 3.05) is 33.9 Å². The van der Waals surface area contributed by atoms with Crippen LogP contribution in [-0.2, 0) is 50.6 Å². The highest BCUT2D eigenvalue weighted by atomic mass is 19.1. The van der Waals surface area contributed by atoms with Gasteiger partial charge in [-0.3, -0.25) is 24.1 Å². The molecule has 1 heterocycles. The van der Waals surface area contributed by atoms with Crippen LogP contribution in [0.3, 0.4) is 0 Å². The van der Waals surface area contributed by atoms with Crippen LogP contribution in [-0.4, -0.2) is 108 Å². The summed E-state index contributed by atoms with van der Waals surface area (Å²) in [6.07, 6.45) is 2.40. The summed E-state index contributed by atoms with van der Waals surface area (Å²) in [6.45, 7) is 19.1. The minimum Gasteiger partial charge on any atom is -0.466 e. The highest BCUT2D eigenvalue weighted by Crippen LogP contribution is 2.37. The predicted molar refractivity (Wildman–Crippen MR) is 211 cm³/mol. The zero-order chi connectivity index (χ0) is 42.9. The van der Waals surface area contributed by atoms with E-state index in [0.29, 0.717) is 10.9 Å². The first-order valence-corrected chi connectivity index (χ1v) is 18.8. The molecule has 0 fully saturated rings. The molecule has 0 bridgehead atoms. The third-order valence-electron chi connectivity index (χ3n) is 9.27. The summed E-state index contributed by atoms with van der Waals surface area (Å²) in [5.74, 6) is -3.38. The van der Waals surface area contributed by atoms with Crippen molar-refractivity contribution in [1.29, 1.82) is 0 Å². The van der Waals surface area contributed by atoms with E-state index in [-0.39, 0.29) is 38.2 Å². The van der Waals surface area contributed by atoms with E-state index in [1.807, 2.05) is 4.57 Å². The molecule has 0 aliphatic heterocycles. The average Bonchev–Trinajstić information content (AvgIpc) is 3.41. The maximum Gasteiger partial charge on any atom is 0.410 e. The fourth-order valence-electron chi connectivity index (χ4n) is 6.26. The number of ether oxygens (including phenoxy) is 3. The van der Waals surface area contributed by atoms with E-state index < -0.39 is 76.1 Å². The largest absolute Gasteiger partial charge is 0.466 e. The van der Waals surface area contributed by atoms with Crippen molar-refractivity contribution < 1.29 is 47.4 Å². The molecule has 0 saturated heterocycles. The lowest BCUT2D eigenvalue weighted by Crippen LogP contribution is -2.62. The van der Waals surface area contributed by atoms with E-state index >= 15 is 0 Å². The molecule has 3 unspecified atom stereocenters. The number of hydrogen-bond acceptors (Lipinski definition) is 9. The van der Waals surface area contributed by atoms with Gasteiger partial charge in [0.1, 0.15) is 29.5 Å². The molecule has 1 aromatic heterocycles. The van der Waals surface area contributed by atoms with Gasteiger partial charge >= 0.3 is 18.0 Å². The second-order valence-corrected chi connectivity index (χ2v) is 16.6. The molecular weight excluding hydrogens is 725 g/mol. The Kier molecular flexibility index (Phi) is 16.2. The highest BCUT2D eigenvalue weighted by molar-refractivity contribution is 5.96.